The zero-order chi connectivity index (χ0) is 14.5. The topological polar surface area (TPSA) is 0 Å². The molecule has 0 fully saturated rings. The molecule has 0 saturated carbocycles. The summed E-state index contributed by atoms with van der Waals surface area (Å²) >= 11 is 0. The van der Waals surface area contributed by atoms with Crippen molar-refractivity contribution in [1.29, 1.82) is 0 Å². The molecule has 0 saturated heterocycles. The van der Waals surface area contributed by atoms with Gasteiger partial charge in [0.2, 0.25) is 0 Å². The van der Waals surface area contributed by atoms with Crippen molar-refractivity contribution in [1.82, 2.24) is 0 Å². The van der Waals surface area contributed by atoms with Crippen molar-refractivity contribution in [2.75, 3.05) is 0 Å². The van der Waals surface area contributed by atoms with Gasteiger partial charge in [0.25, 0.3) is 0 Å². The molecule has 0 nitrogen and oxygen atoms in total. The molecule has 3 aromatic carbocycles. The lowest BCUT2D eigenvalue weighted by Gasteiger charge is -2.21. The van der Waals surface area contributed by atoms with Gasteiger partial charge in [-0.05, 0) is 23.8 Å². The van der Waals surface area contributed by atoms with Crippen LogP contribution in [0, 0.1) is 0 Å². The van der Waals surface area contributed by atoms with E-state index in [1.54, 1.807) is 0 Å². The Morgan fingerprint density at radius 3 is 1.62 bits per heavy atom. The molecule has 102 valence electrons. The molecule has 0 aliphatic carbocycles. The molecule has 0 spiro atoms. The van der Waals surface area contributed by atoms with E-state index in [2.05, 4.69) is 91.5 Å². The van der Waals surface area contributed by atoms with Crippen LogP contribution >= 0.6 is 7.92 Å². The van der Waals surface area contributed by atoms with E-state index in [-0.39, 0.29) is 0 Å². The normalized spacial score (nSPS) is 10.8. The molecule has 0 N–H and O–H groups in total. The summed E-state index contributed by atoms with van der Waals surface area (Å²) in [6.45, 7) is 2.27. The zero-order valence-electron chi connectivity index (χ0n) is 12.0. The molecule has 0 heterocycles. The van der Waals surface area contributed by atoms with E-state index in [4.69, 9.17) is 0 Å². The van der Waals surface area contributed by atoms with E-state index in [0.717, 1.165) is 9.52 Å². The first-order valence-corrected chi connectivity index (χ1v) is 9.91. The van der Waals surface area contributed by atoms with E-state index in [0.29, 0.717) is 0 Å². The van der Waals surface area contributed by atoms with E-state index in [1.807, 2.05) is 0 Å². The molecule has 2 heteroatoms. The minimum absolute atomic E-state index is 0.466. The number of hydrogen-bond acceptors (Lipinski definition) is 0. The highest BCUT2D eigenvalue weighted by atomic mass is 31.1. The van der Waals surface area contributed by atoms with Crippen LogP contribution in [0.3, 0.4) is 0 Å². The first kappa shape index (κ1) is 14.3. The Bertz CT molecular complexity index is 656. The Kier molecular flexibility index (Phi) is 4.64. The van der Waals surface area contributed by atoms with Gasteiger partial charge >= 0.3 is 0 Å². The summed E-state index contributed by atoms with van der Waals surface area (Å²) in [6, 6.07) is 30.7. The summed E-state index contributed by atoms with van der Waals surface area (Å²) in [5, 5.41) is 5.82. The minimum Gasteiger partial charge on any atom is -0.0688 e. The molecule has 21 heavy (non-hydrogen) atoms. The van der Waals surface area contributed by atoms with Crippen LogP contribution in [0.15, 0.2) is 84.9 Å². The highest BCUT2D eigenvalue weighted by Crippen LogP contribution is 2.31. The molecular formula is C19H17PSi. The van der Waals surface area contributed by atoms with Crippen LogP contribution in [-0.4, -0.2) is 9.52 Å². The van der Waals surface area contributed by atoms with Gasteiger partial charge in [-0.2, -0.15) is 0 Å². The number of benzene rings is 3. The molecular weight excluding hydrogens is 287 g/mol. The fraction of sp³-hybridized carbons (Fsp3) is 0.0526. The molecule has 0 unspecified atom stereocenters. The standard InChI is InChI=1S/C19H17PSi/c1-21-19-15-9-8-14-18(19)20(16-10-4-2-5-11-16)17-12-6-3-7-13-17/h2-15H,1H3. The quantitative estimate of drug-likeness (QED) is 0.514. The van der Waals surface area contributed by atoms with Crippen LogP contribution in [-0.2, 0) is 0 Å². The number of hydrogen-bond donors (Lipinski definition) is 0. The Morgan fingerprint density at radius 1 is 0.619 bits per heavy atom. The molecule has 0 aliphatic heterocycles. The van der Waals surface area contributed by atoms with Crippen molar-refractivity contribution in [3.63, 3.8) is 0 Å². The van der Waals surface area contributed by atoms with Crippen LogP contribution < -0.4 is 21.1 Å². The summed E-state index contributed by atoms with van der Waals surface area (Å²) in [4.78, 5) is 0. The summed E-state index contributed by atoms with van der Waals surface area (Å²) in [6.07, 6.45) is 0. The summed E-state index contributed by atoms with van der Waals surface area (Å²) in [5.74, 6) is 0. The first-order valence-electron chi connectivity index (χ1n) is 7.07. The fourth-order valence-corrected chi connectivity index (χ4v) is 6.08. The van der Waals surface area contributed by atoms with Crippen LogP contribution in [0.5, 0.6) is 0 Å². The Morgan fingerprint density at radius 2 is 1.10 bits per heavy atom. The molecule has 0 aromatic heterocycles. The van der Waals surface area contributed by atoms with Gasteiger partial charge < -0.3 is 0 Å². The average Bonchev–Trinajstić information content (AvgIpc) is 2.58. The van der Waals surface area contributed by atoms with Crippen molar-refractivity contribution in [3.05, 3.63) is 84.9 Å². The van der Waals surface area contributed by atoms with Crippen LogP contribution in [0.25, 0.3) is 0 Å². The Hall–Kier alpha value is -1.69. The molecule has 3 aromatic rings. The molecule has 0 amide bonds. The molecule has 2 radical (unpaired) electrons. The van der Waals surface area contributed by atoms with Gasteiger partial charge in [0.1, 0.15) is 0 Å². The van der Waals surface area contributed by atoms with Crippen molar-refractivity contribution in [3.8, 4) is 0 Å². The monoisotopic (exact) mass is 304 g/mol. The largest absolute Gasteiger partial charge is 0.0782 e. The molecule has 0 bridgehead atoms. The van der Waals surface area contributed by atoms with Crippen molar-refractivity contribution in [2.45, 2.75) is 6.55 Å². The lowest BCUT2D eigenvalue weighted by molar-refractivity contribution is 1.75. The predicted octanol–water partition coefficient (Wildman–Crippen LogP) is 2.82. The Balaban J connectivity index is 2.17. The summed E-state index contributed by atoms with van der Waals surface area (Å²) < 4.78 is 0. The maximum atomic E-state index is 2.30. The second-order valence-electron chi connectivity index (χ2n) is 4.77. The van der Waals surface area contributed by atoms with Gasteiger partial charge in [0.05, 0.1) is 9.52 Å². The molecule has 3 rings (SSSR count). The van der Waals surface area contributed by atoms with Crippen molar-refractivity contribution >= 4 is 38.5 Å². The van der Waals surface area contributed by atoms with Crippen LogP contribution in [0.4, 0.5) is 0 Å². The van der Waals surface area contributed by atoms with Crippen molar-refractivity contribution in [2.24, 2.45) is 0 Å². The smallest absolute Gasteiger partial charge is 0.0688 e. The highest BCUT2D eigenvalue weighted by molar-refractivity contribution is 7.80. The van der Waals surface area contributed by atoms with Gasteiger partial charge in [-0.3, -0.25) is 0 Å². The lowest BCUT2D eigenvalue weighted by atomic mass is 10.3. The molecule has 0 aliphatic rings. The summed E-state index contributed by atoms with van der Waals surface area (Å²) in [5.41, 5.74) is 0. The van der Waals surface area contributed by atoms with Crippen molar-refractivity contribution < 1.29 is 0 Å². The van der Waals surface area contributed by atoms with Gasteiger partial charge in [0, 0.05) is 0 Å². The zero-order valence-corrected chi connectivity index (χ0v) is 13.9. The van der Waals surface area contributed by atoms with Crippen LogP contribution in [0.2, 0.25) is 6.55 Å². The fourth-order valence-electron chi connectivity index (χ4n) is 2.46. The van der Waals surface area contributed by atoms with Gasteiger partial charge in [-0.15, -0.1) is 0 Å². The maximum absolute atomic E-state index is 2.30. The third-order valence-electron chi connectivity index (χ3n) is 3.44. The second kappa shape index (κ2) is 6.84. The van der Waals surface area contributed by atoms with Gasteiger partial charge in [-0.25, -0.2) is 0 Å². The summed E-state index contributed by atoms with van der Waals surface area (Å²) in [7, 11) is 0.362. The minimum atomic E-state index is -0.466. The first-order chi connectivity index (χ1) is 10.4. The maximum Gasteiger partial charge on any atom is 0.0782 e. The van der Waals surface area contributed by atoms with E-state index < -0.39 is 7.92 Å². The van der Waals surface area contributed by atoms with E-state index >= 15 is 0 Å². The molecule has 0 atom stereocenters. The van der Waals surface area contributed by atoms with E-state index in [1.165, 1.54) is 21.1 Å². The highest BCUT2D eigenvalue weighted by Gasteiger charge is 2.18. The predicted molar refractivity (Wildman–Crippen MR) is 96.4 cm³/mol. The second-order valence-corrected chi connectivity index (χ2v) is 8.00. The SMILES string of the molecule is C[Si]c1ccccc1P(c1ccccc1)c1ccccc1. The van der Waals surface area contributed by atoms with E-state index in [9.17, 15) is 0 Å². The van der Waals surface area contributed by atoms with Crippen LogP contribution in [0.1, 0.15) is 0 Å². The lowest BCUT2D eigenvalue weighted by Crippen LogP contribution is -2.33. The third-order valence-corrected chi connectivity index (χ3v) is 7.13. The van der Waals surface area contributed by atoms with Gasteiger partial charge in [-0.1, -0.05) is 96.7 Å². The third kappa shape index (κ3) is 3.15. The average molecular weight is 304 g/mol. The van der Waals surface area contributed by atoms with Gasteiger partial charge in [0.15, 0.2) is 0 Å². The Labute approximate surface area is 130 Å². The number of rotatable bonds is 4.